The molecule has 0 saturated carbocycles. The molecule has 0 fully saturated rings. The van der Waals surface area contributed by atoms with E-state index in [4.69, 9.17) is 28.2 Å². The van der Waals surface area contributed by atoms with Gasteiger partial charge in [0.15, 0.2) is 0 Å². The summed E-state index contributed by atoms with van der Waals surface area (Å²) in [6.07, 6.45) is 2.51. The molecule has 4 aromatic rings. The van der Waals surface area contributed by atoms with Crippen molar-refractivity contribution < 1.29 is 4.39 Å². The molecule has 2 heterocycles. The number of nitrogens with zero attached hydrogens (tertiary/aromatic N) is 2. The Morgan fingerprint density at radius 2 is 1.77 bits per heavy atom. The first kappa shape index (κ1) is 20.7. The number of rotatable bonds is 5. The van der Waals surface area contributed by atoms with Gasteiger partial charge in [0.1, 0.15) is 5.82 Å². The van der Waals surface area contributed by atoms with Crippen LogP contribution in [0.5, 0.6) is 0 Å². The first-order valence-electron chi connectivity index (χ1n) is 9.71. The van der Waals surface area contributed by atoms with E-state index in [1.54, 1.807) is 12.1 Å². The van der Waals surface area contributed by atoms with Gasteiger partial charge in [0.05, 0.1) is 27.3 Å². The van der Waals surface area contributed by atoms with Crippen molar-refractivity contribution in [2.75, 3.05) is 11.9 Å². The van der Waals surface area contributed by atoms with Crippen LogP contribution in [0, 0.1) is 19.7 Å². The van der Waals surface area contributed by atoms with Gasteiger partial charge in [-0.2, -0.15) is 0 Å². The topological polar surface area (TPSA) is 31.9 Å². The van der Waals surface area contributed by atoms with E-state index in [1.165, 1.54) is 17.7 Å². The third-order valence-corrected chi connectivity index (χ3v) is 6.43. The van der Waals surface area contributed by atoms with E-state index in [0.29, 0.717) is 16.5 Å². The van der Waals surface area contributed by atoms with Crippen molar-refractivity contribution in [3.8, 4) is 0 Å². The molecule has 1 atom stereocenters. The van der Waals surface area contributed by atoms with Crippen molar-refractivity contribution >= 4 is 39.8 Å². The number of hydrogen-bond donors (Lipinski definition) is 1. The summed E-state index contributed by atoms with van der Waals surface area (Å²) >= 11 is 12.4. The second-order valence-electron chi connectivity index (χ2n) is 7.55. The van der Waals surface area contributed by atoms with Crippen molar-refractivity contribution in [1.82, 2.24) is 9.97 Å². The van der Waals surface area contributed by atoms with Crippen LogP contribution in [-0.4, -0.2) is 17.0 Å². The Morgan fingerprint density at radius 3 is 2.47 bits per heavy atom. The zero-order chi connectivity index (χ0) is 21.4. The van der Waals surface area contributed by atoms with Crippen LogP contribution in [0.15, 0.2) is 54.7 Å². The lowest BCUT2D eigenvalue weighted by Gasteiger charge is -2.30. The van der Waals surface area contributed by atoms with Crippen LogP contribution in [0.4, 0.5) is 10.1 Å². The number of pyridine rings is 1. The summed E-state index contributed by atoms with van der Waals surface area (Å²) in [5.74, 6) is -0.260. The molecular weight excluding hydrogens is 420 g/mol. The number of benzene rings is 2. The smallest absolute Gasteiger partial charge is 0.123 e. The van der Waals surface area contributed by atoms with Crippen LogP contribution < -0.4 is 4.90 Å². The van der Waals surface area contributed by atoms with Crippen LogP contribution in [0.25, 0.3) is 10.9 Å². The van der Waals surface area contributed by atoms with E-state index >= 15 is 0 Å². The number of fused-ring (bicyclic) bond motifs is 1. The van der Waals surface area contributed by atoms with Crippen molar-refractivity contribution in [3.63, 3.8) is 0 Å². The summed E-state index contributed by atoms with van der Waals surface area (Å²) in [7, 11) is 2.00. The van der Waals surface area contributed by atoms with Crippen molar-refractivity contribution in [2.45, 2.75) is 26.3 Å². The SMILES string of the molecule is Cc1[nH]c2c(C(Cc3ccc(Cl)c(Cl)c3)N(C)c3ccc(F)cc3)nccc2c1C. The van der Waals surface area contributed by atoms with Gasteiger partial charge in [-0.25, -0.2) is 4.39 Å². The fourth-order valence-corrected chi connectivity index (χ4v) is 4.14. The van der Waals surface area contributed by atoms with Crippen LogP contribution >= 0.6 is 23.2 Å². The maximum absolute atomic E-state index is 13.5. The molecule has 30 heavy (non-hydrogen) atoms. The number of aromatic amines is 1. The molecule has 0 aliphatic carbocycles. The molecule has 0 radical (unpaired) electrons. The molecule has 0 bridgehead atoms. The molecule has 2 aromatic carbocycles. The number of nitrogens with one attached hydrogen (secondary N) is 1. The number of halogens is 3. The largest absolute Gasteiger partial charge is 0.366 e. The minimum absolute atomic E-state index is 0.103. The molecule has 0 saturated heterocycles. The normalized spacial score (nSPS) is 12.3. The van der Waals surface area contributed by atoms with Gasteiger partial charge in [0.2, 0.25) is 0 Å². The average Bonchev–Trinajstić information content (AvgIpc) is 3.03. The van der Waals surface area contributed by atoms with Gasteiger partial charge in [-0.1, -0.05) is 29.3 Å². The van der Waals surface area contributed by atoms with Crippen molar-refractivity contribution in [1.29, 1.82) is 0 Å². The van der Waals surface area contributed by atoms with E-state index in [2.05, 4.69) is 23.7 Å². The molecule has 154 valence electrons. The fraction of sp³-hybridized carbons (Fsp3) is 0.208. The van der Waals surface area contributed by atoms with E-state index < -0.39 is 0 Å². The summed E-state index contributed by atoms with van der Waals surface area (Å²) in [4.78, 5) is 10.4. The molecule has 3 nitrogen and oxygen atoms in total. The predicted molar refractivity (Wildman–Crippen MR) is 123 cm³/mol. The van der Waals surface area contributed by atoms with Gasteiger partial charge < -0.3 is 9.88 Å². The Morgan fingerprint density at radius 1 is 1.03 bits per heavy atom. The first-order chi connectivity index (χ1) is 14.3. The van der Waals surface area contributed by atoms with E-state index in [1.807, 2.05) is 37.5 Å². The predicted octanol–water partition coefficient (Wildman–Crippen LogP) is 7.05. The Bertz CT molecular complexity index is 1200. The van der Waals surface area contributed by atoms with Gasteiger partial charge in [-0.05, 0) is 73.9 Å². The summed E-state index contributed by atoms with van der Waals surface area (Å²) in [6, 6.07) is 14.1. The van der Waals surface area contributed by atoms with Gasteiger partial charge >= 0.3 is 0 Å². The van der Waals surface area contributed by atoms with Gasteiger partial charge in [-0.3, -0.25) is 4.98 Å². The highest BCUT2D eigenvalue weighted by Gasteiger charge is 2.24. The lowest BCUT2D eigenvalue weighted by molar-refractivity contribution is 0.624. The third-order valence-electron chi connectivity index (χ3n) is 5.69. The van der Waals surface area contributed by atoms with E-state index in [0.717, 1.165) is 33.5 Å². The highest BCUT2D eigenvalue weighted by molar-refractivity contribution is 6.42. The van der Waals surface area contributed by atoms with Crippen LogP contribution in [0.2, 0.25) is 10.0 Å². The number of likely N-dealkylation sites (N-methyl/N-ethyl adjacent to an activating group) is 1. The zero-order valence-electron chi connectivity index (χ0n) is 17.0. The molecular formula is C24H22Cl2FN3. The minimum Gasteiger partial charge on any atom is -0.366 e. The van der Waals surface area contributed by atoms with E-state index in [-0.39, 0.29) is 11.9 Å². The zero-order valence-corrected chi connectivity index (χ0v) is 18.5. The summed E-state index contributed by atoms with van der Waals surface area (Å²) in [5, 5.41) is 2.21. The number of aryl methyl sites for hydroxylation is 2. The number of H-pyrrole nitrogens is 1. The van der Waals surface area contributed by atoms with Crippen LogP contribution in [-0.2, 0) is 6.42 Å². The lowest BCUT2D eigenvalue weighted by atomic mass is 9.99. The molecule has 0 spiro atoms. The molecule has 0 aliphatic heterocycles. The monoisotopic (exact) mass is 441 g/mol. The molecule has 0 amide bonds. The molecule has 4 rings (SSSR count). The Kier molecular flexibility index (Phi) is 5.72. The maximum Gasteiger partial charge on any atom is 0.123 e. The number of aromatic nitrogens is 2. The Balaban J connectivity index is 1.84. The minimum atomic E-state index is -0.260. The van der Waals surface area contributed by atoms with Crippen molar-refractivity contribution in [3.05, 3.63) is 93.1 Å². The van der Waals surface area contributed by atoms with Crippen molar-refractivity contribution in [2.24, 2.45) is 0 Å². The van der Waals surface area contributed by atoms with Gasteiger partial charge in [-0.15, -0.1) is 0 Å². The Hall–Kier alpha value is -2.56. The maximum atomic E-state index is 13.5. The molecule has 1 unspecified atom stereocenters. The molecule has 2 aromatic heterocycles. The average molecular weight is 442 g/mol. The van der Waals surface area contributed by atoms with Crippen LogP contribution in [0.3, 0.4) is 0 Å². The standard InChI is InChI=1S/C24H22Cl2FN3/c1-14-15(2)29-23-19(14)10-11-28-24(23)22(13-16-4-9-20(25)21(26)12-16)30(3)18-7-5-17(27)6-8-18/h4-12,22,29H,13H2,1-3H3. The molecule has 1 N–H and O–H groups in total. The number of hydrogen-bond acceptors (Lipinski definition) is 2. The molecule has 6 heteroatoms. The lowest BCUT2D eigenvalue weighted by Crippen LogP contribution is -2.27. The third kappa shape index (κ3) is 3.90. The quantitative estimate of drug-likeness (QED) is 0.359. The van der Waals surface area contributed by atoms with Gasteiger partial charge in [0, 0.05) is 30.0 Å². The first-order valence-corrected chi connectivity index (χ1v) is 10.5. The van der Waals surface area contributed by atoms with E-state index in [9.17, 15) is 4.39 Å². The number of anilines is 1. The Labute approximate surface area is 185 Å². The summed E-state index contributed by atoms with van der Waals surface area (Å²) in [6.45, 7) is 4.17. The highest BCUT2D eigenvalue weighted by Crippen LogP contribution is 2.34. The van der Waals surface area contributed by atoms with Gasteiger partial charge in [0.25, 0.3) is 0 Å². The second-order valence-corrected chi connectivity index (χ2v) is 8.36. The molecule has 0 aliphatic rings. The second kappa shape index (κ2) is 8.29. The highest BCUT2D eigenvalue weighted by atomic mass is 35.5. The fourth-order valence-electron chi connectivity index (χ4n) is 3.82. The van der Waals surface area contributed by atoms with Crippen LogP contribution in [0.1, 0.15) is 28.6 Å². The summed E-state index contributed by atoms with van der Waals surface area (Å²) < 4.78 is 13.5. The summed E-state index contributed by atoms with van der Waals surface area (Å²) in [5.41, 5.74) is 6.24.